The zero-order chi connectivity index (χ0) is 21.4. The number of benzene rings is 1. The fraction of sp³-hybridized carbons (Fsp3) is 0.609. The van der Waals surface area contributed by atoms with Crippen molar-refractivity contribution in [1.82, 2.24) is 25.3 Å². The quantitative estimate of drug-likeness (QED) is 0.675. The zero-order valence-corrected chi connectivity index (χ0v) is 19.5. The van der Waals surface area contributed by atoms with E-state index >= 15 is 0 Å². The molecule has 1 aromatic carbocycles. The maximum absolute atomic E-state index is 12.4. The number of piperidine rings is 2. The van der Waals surface area contributed by atoms with Gasteiger partial charge in [-0.1, -0.05) is 12.1 Å². The van der Waals surface area contributed by atoms with Gasteiger partial charge in [0.25, 0.3) is 0 Å². The Morgan fingerprint density at radius 3 is 2.53 bits per heavy atom. The van der Waals surface area contributed by atoms with E-state index < -0.39 is 0 Å². The number of nitrogens with one attached hydrogen (secondary N) is 2. The van der Waals surface area contributed by atoms with Gasteiger partial charge in [-0.05, 0) is 31.2 Å². The normalized spacial score (nSPS) is 23.3. The van der Waals surface area contributed by atoms with Gasteiger partial charge in [-0.25, -0.2) is 0 Å². The molecule has 32 heavy (non-hydrogen) atoms. The summed E-state index contributed by atoms with van der Waals surface area (Å²) < 4.78 is 1.91. The SMILES string of the molecule is Cl.Cn1nc(C2CCC(=O)NC2=O)c2cccc(N3CCC(CN4CCNCC4)CC3)c21. The van der Waals surface area contributed by atoms with Crippen molar-refractivity contribution in [3.05, 3.63) is 23.9 Å². The molecule has 3 aliphatic rings. The Labute approximate surface area is 195 Å². The smallest absolute Gasteiger partial charge is 0.235 e. The summed E-state index contributed by atoms with van der Waals surface area (Å²) in [5, 5.41) is 11.7. The van der Waals surface area contributed by atoms with Crippen molar-refractivity contribution in [3.63, 3.8) is 0 Å². The van der Waals surface area contributed by atoms with Crippen LogP contribution in [-0.2, 0) is 16.6 Å². The number of nitrogens with zero attached hydrogens (tertiary/aromatic N) is 4. The molecular formula is C23H33ClN6O2. The number of aromatic nitrogens is 2. The van der Waals surface area contributed by atoms with Crippen LogP contribution in [0.1, 0.15) is 37.3 Å². The van der Waals surface area contributed by atoms with E-state index in [-0.39, 0.29) is 30.1 Å². The number of hydrogen-bond donors (Lipinski definition) is 2. The fourth-order valence-electron chi connectivity index (χ4n) is 5.43. The molecule has 2 amide bonds. The molecule has 1 atom stereocenters. The second kappa shape index (κ2) is 9.77. The number of hydrogen-bond acceptors (Lipinski definition) is 6. The van der Waals surface area contributed by atoms with Crippen LogP contribution in [0.4, 0.5) is 5.69 Å². The number of fused-ring (bicyclic) bond motifs is 1. The predicted octanol–water partition coefficient (Wildman–Crippen LogP) is 1.64. The van der Waals surface area contributed by atoms with E-state index in [0.717, 1.165) is 61.8 Å². The minimum atomic E-state index is -0.360. The van der Waals surface area contributed by atoms with Crippen LogP contribution in [0, 0.1) is 5.92 Å². The summed E-state index contributed by atoms with van der Waals surface area (Å²) in [6.45, 7) is 7.86. The highest BCUT2D eigenvalue weighted by Gasteiger charge is 2.32. The average Bonchev–Trinajstić information content (AvgIpc) is 3.12. The number of amides is 2. The molecule has 3 saturated heterocycles. The summed E-state index contributed by atoms with van der Waals surface area (Å²) in [7, 11) is 1.96. The first-order valence-corrected chi connectivity index (χ1v) is 11.6. The molecule has 0 aliphatic carbocycles. The van der Waals surface area contributed by atoms with Crippen LogP contribution in [0.2, 0.25) is 0 Å². The third-order valence-corrected chi connectivity index (χ3v) is 7.12. The molecule has 5 rings (SSSR count). The zero-order valence-electron chi connectivity index (χ0n) is 18.7. The third-order valence-electron chi connectivity index (χ3n) is 7.12. The summed E-state index contributed by atoms with van der Waals surface area (Å²) in [4.78, 5) is 29.1. The van der Waals surface area contributed by atoms with Gasteiger partial charge in [0.05, 0.1) is 22.8 Å². The van der Waals surface area contributed by atoms with Gasteiger partial charge in [0.2, 0.25) is 11.8 Å². The number of piperazine rings is 1. The molecular weight excluding hydrogens is 428 g/mol. The minimum Gasteiger partial charge on any atom is -0.370 e. The lowest BCUT2D eigenvalue weighted by molar-refractivity contribution is -0.134. The predicted molar refractivity (Wildman–Crippen MR) is 127 cm³/mol. The maximum Gasteiger partial charge on any atom is 0.235 e. The summed E-state index contributed by atoms with van der Waals surface area (Å²) in [5.74, 6) is -0.0122. The number of imide groups is 1. The summed E-state index contributed by atoms with van der Waals surface area (Å²) in [5.41, 5.74) is 3.08. The number of para-hydroxylation sites is 1. The molecule has 2 aromatic rings. The molecule has 3 fully saturated rings. The number of anilines is 1. The number of rotatable bonds is 4. The minimum absolute atomic E-state index is 0. The molecule has 1 unspecified atom stereocenters. The van der Waals surface area contributed by atoms with Gasteiger partial charge < -0.3 is 15.1 Å². The summed E-state index contributed by atoms with van der Waals surface area (Å²) in [6.07, 6.45) is 3.31. The molecule has 0 bridgehead atoms. The lowest BCUT2D eigenvalue weighted by Gasteiger charge is -2.37. The molecule has 3 aliphatic heterocycles. The molecule has 174 valence electrons. The van der Waals surface area contributed by atoms with Crippen molar-refractivity contribution in [2.45, 2.75) is 31.6 Å². The van der Waals surface area contributed by atoms with E-state index in [1.54, 1.807) is 0 Å². The molecule has 0 radical (unpaired) electrons. The van der Waals surface area contributed by atoms with E-state index in [4.69, 9.17) is 5.10 Å². The molecule has 0 spiro atoms. The van der Waals surface area contributed by atoms with E-state index in [0.29, 0.717) is 12.8 Å². The van der Waals surface area contributed by atoms with E-state index in [9.17, 15) is 9.59 Å². The maximum atomic E-state index is 12.4. The molecule has 1 aromatic heterocycles. The highest BCUT2D eigenvalue weighted by Crippen LogP contribution is 2.36. The van der Waals surface area contributed by atoms with Crippen LogP contribution in [0.25, 0.3) is 10.9 Å². The first-order chi connectivity index (χ1) is 15.1. The Balaban J connectivity index is 0.00000245. The highest BCUT2D eigenvalue weighted by molar-refractivity contribution is 6.03. The molecule has 9 heteroatoms. The standard InChI is InChI=1S/C23H32N6O2.ClH/c1-27-22-17(21(26-27)18-5-6-20(30)25-23(18)31)3-2-4-19(22)29-11-7-16(8-12-29)15-28-13-9-24-10-14-28;/h2-4,16,18,24H,5-15H2,1H3,(H,25,30,31);1H. The topological polar surface area (TPSA) is 82.5 Å². The van der Waals surface area contributed by atoms with E-state index in [1.807, 2.05) is 11.7 Å². The van der Waals surface area contributed by atoms with Crippen molar-refractivity contribution in [2.24, 2.45) is 13.0 Å². The monoisotopic (exact) mass is 460 g/mol. The van der Waals surface area contributed by atoms with Crippen molar-refractivity contribution in [1.29, 1.82) is 0 Å². The molecule has 0 saturated carbocycles. The molecule has 8 nitrogen and oxygen atoms in total. The Hall–Kier alpha value is -2.16. The number of halogens is 1. The number of carbonyl (C=O) groups excluding carboxylic acids is 2. The van der Waals surface area contributed by atoms with Crippen LogP contribution in [0.3, 0.4) is 0 Å². The second-order valence-electron chi connectivity index (χ2n) is 9.17. The van der Waals surface area contributed by atoms with Crippen LogP contribution in [-0.4, -0.2) is 72.3 Å². The first-order valence-electron chi connectivity index (χ1n) is 11.6. The van der Waals surface area contributed by atoms with Gasteiger partial charge in [0.1, 0.15) is 0 Å². The Bertz CT molecular complexity index is 978. The number of carbonyl (C=O) groups is 2. The fourth-order valence-corrected chi connectivity index (χ4v) is 5.43. The van der Waals surface area contributed by atoms with Crippen molar-refractivity contribution >= 4 is 40.8 Å². The van der Waals surface area contributed by atoms with Gasteiger partial charge in [0.15, 0.2) is 0 Å². The van der Waals surface area contributed by atoms with Gasteiger partial charge in [-0.2, -0.15) is 5.10 Å². The Morgan fingerprint density at radius 2 is 1.81 bits per heavy atom. The van der Waals surface area contributed by atoms with Gasteiger partial charge in [-0.15, -0.1) is 12.4 Å². The van der Waals surface area contributed by atoms with Crippen molar-refractivity contribution in [3.8, 4) is 0 Å². The first kappa shape index (κ1) is 23.0. The largest absolute Gasteiger partial charge is 0.370 e. The summed E-state index contributed by atoms with van der Waals surface area (Å²) in [6, 6.07) is 6.30. The van der Waals surface area contributed by atoms with Crippen LogP contribution in [0.5, 0.6) is 0 Å². The van der Waals surface area contributed by atoms with Crippen molar-refractivity contribution in [2.75, 3.05) is 50.7 Å². The average molecular weight is 461 g/mol. The Kier molecular flexibility index (Phi) is 7.02. The van der Waals surface area contributed by atoms with Gasteiger partial charge >= 0.3 is 0 Å². The second-order valence-corrected chi connectivity index (χ2v) is 9.17. The van der Waals surface area contributed by atoms with Crippen LogP contribution in [0.15, 0.2) is 18.2 Å². The summed E-state index contributed by atoms with van der Waals surface area (Å²) >= 11 is 0. The number of aryl methyl sites for hydroxylation is 1. The van der Waals surface area contributed by atoms with Gasteiger partial charge in [-0.3, -0.25) is 19.6 Å². The van der Waals surface area contributed by atoms with Crippen LogP contribution < -0.4 is 15.5 Å². The van der Waals surface area contributed by atoms with Gasteiger partial charge in [0, 0.05) is 64.7 Å². The van der Waals surface area contributed by atoms with Crippen molar-refractivity contribution < 1.29 is 9.59 Å². The van der Waals surface area contributed by atoms with E-state index in [2.05, 4.69) is 38.6 Å². The Morgan fingerprint density at radius 1 is 1.06 bits per heavy atom. The third kappa shape index (κ3) is 4.49. The lowest BCUT2D eigenvalue weighted by Crippen LogP contribution is -2.47. The highest BCUT2D eigenvalue weighted by atomic mass is 35.5. The molecule has 4 heterocycles. The van der Waals surface area contributed by atoms with Crippen LogP contribution >= 0.6 is 12.4 Å². The molecule has 2 N–H and O–H groups in total. The lowest BCUT2D eigenvalue weighted by atomic mass is 9.92. The van der Waals surface area contributed by atoms with E-state index in [1.165, 1.54) is 25.1 Å².